The molecule has 88 valence electrons. The smallest absolute Gasteiger partial charge is 0.227 e. The van der Waals surface area contributed by atoms with Gasteiger partial charge in [0.25, 0.3) is 0 Å². The van der Waals surface area contributed by atoms with Gasteiger partial charge in [-0.1, -0.05) is 0 Å². The van der Waals surface area contributed by atoms with Crippen molar-refractivity contribution in [3.63, 3.8) is 0 Å². The zero-order valence-electron chi connectivity index (χ0n) is 8.91. The summed E-state index contributed by atoms with van der Waals surface area (Å²) < 4.78 is 5.23. The third kappa shape index (κ3) is 3.33. The minimum Gasteiger partial charge on any atom is -0.378 e. The maximum absolute atomic E-state index is 12.0. The van der Waals surface area contributed by atoms with Crippen molar-refractivity contribution in [2.24, 2.45) is 5.92 Å². The zero-order valence-corrected chi connectivity index (χ0v) is 9.72. The lowest BCUT2D eigenvalue weighted by atomic mass is 9.98. The van der Waals surface area contributed by atoms with Crippen LogP contribution in [0.1, 0.15) is 12.8 Å². The molecule has 0 aliphatic carbocycles. The maximum atomic E-state index is 12.0. The number of ether oxygens (including phenoxy) is 1. The van der Waals surface area contributed by atoms with E-state index in [0.717, 1.165) is 39.0 Å². The highest BCUT2D eigenvalue weighted by molar-refractivity contribution is 5.85. The van der Waals surface area contributed by atoms with E-state index >= 15 is 0 Å². The van der Waals surface area contributed by atoms with Crippen LogP contribution in [-0.2, 0) is 9.53 Å². The van der Waals surface area contributed by atoms with E-state index in [1.807, 2.05) is 4.90 Å². The Kier molecular flexibility index (Phi) is 5.36. The first-order valence-corrected chi connectivity index (χ1v) is 5.45. The van der Waals surface area contributed by atoms with Crippen molar-refractivity contribution in [2.75, 3.05) is 39.4 Å². The van der Waals surface area contributed by atoms with Crippen molar-refractivity contribution in [2.45, 2.75) is 12.8 Å². The molecule has 2 fully saturated rings. The van der Waals surface area contributed by atoms with Gasteiger partial charge in [0.05, 0.1) is 19.1 Å². The Balaban J connectivity index is 0.00000112. The Morgan fingerprint density at radius 3 is 2.67 bits per heavy atom. The largest absolute Gasteiger partial charge is 0.378 e. The van der Waals surface area contributed by atoms with Gasteiger partial charge in [-0.15, -0.1) is 12.4 Å². The van der Waals surface area contributed by atoms with Crippen LogP contribution in [0.5, 0.6) is 0 Å². The second kappa shape index (κ2) is 6.30. The molecule has 0 aromatic rings. The van der Waals surface area contributed by atoms with Gasteiger partial charge in [-0.25, -0.2) is 0 Å². The van der Waals surface area contributed by atoms with Crippen LogP contribution in [0.4, 0.5) is 0 Å². The third-order valence-electron chi connectivity index (χ3n) is 2.97. The SMILES string of the molecule is Cl.O=C([C@@H]1CCCNC1)N1CCOCC1. The summed E-state index contributed by atoms with van der Waals surface area (Å²) in [5.74, 6) is 0.530. The number of rotatable bonds is 1. The quantitative estimate of drug-likeness (QED) is 0.708. The lowest BCUT2D eigenvalue weighted by Gasteiger charge is -2.32. The lowest BCUT2D eigenvalue weighted by molar-refractivity contribution is -0.140. The molecule has 2 rings (SSSR count). The van der Waals surface area contributed by atoms with Crippen LogP contribution in [0.2, 0.25) is 0 Å². The summed E-state index contributed by atoms with van der Waals surface area (Å²) in [6, 6.07) is 0. The molecule has 15 heavy (non-hydrogen) atoms. The molecule has 0 spiro atoms. The predicted molar refractivity (Wildman–Crippen MR) is 60.2 cm³/mol. The van der Waals surface area contributed by atoms with E-state index in [-0.39, 0.29) is 18.3 Å². The van der Waals surface area contributed by atoms with Crippen LogP contribution in [0, 0.1) is 5.92 Å². The molecule has 0 aromatic heterocycles. The summed E-state index contributed by atoms with van der Waals surface area (Å²) in [5.41, 5.74) is 0. The number of piperidine rings is 1. The van der Waals surface area contributed by atoms with E-state index in [1.165, 1.54) is 0 Å². The Hall–Kier alpha value is -0.320. The van der Waals surface area contributed by atoms with Gasteiger partial charge >= 0.3 is 0 Å². The minimum absolute atomic E-state index is 0. The molecule has 0 radical (unpaired) electrons. The number of hydrogen-bond acceptors (Lipinski definition) is 3. The van der Waals surface area contributed by atoms with Crippen molar-refractivity contribution < 1.29 is 9.53 Å². The zero-order chi connectivity index (χ0) is 9.80. The molecule has 1 amide bonds. The second-order valence-corrected chi connectivity index (χ2v) is 3.98. The van der Waals surface area contributed by atoms with E-state index in [1.54, 1.807) is 0 Å². The number of hydrogen-bond donors (Lipinski definition) is 1. The Bertz CT molecular complexity index is 182. The molecule has 2 aliphatic heterocycles. The van der Waals surface area contributed by atoms with Gasteiger partial charge in [0.2, 0.25) is 5.91 Å². The summed E-state index contributed by atoms with van der Waals surface area (Å²) in [5, 5.41) is 3.28. The highest BCUT2D eigenvalue weighted by Crippen LogP contribution is 2.14. The van der Waals surface area contributed by atoms with E-state index in [2.05, 4.69) is 5.32 Å². The van der Waals surface area contributed by atoms with Gasteiger partial charge < -0.3 is 15.0 Å². The van der Waals surface area contributed by atoms with Gasteiger partial charge in [0, 0.05) is 19.6 Å². The van der Waals surface area contributed by atoms with E-state index in [4.69, 9.17) is 4.74 Å². The number of morpholine rings is 1. The van der Waals surface area contributed by atoms with Crippen LogP contribution >= 0.6 is 12.4 Å². The molecule has 2 saturated heterocycles. The van der Waals surface area contributed by atoms with Gasteiger partial charge in [-0.3, -0.25) is 4.79 Å². The molecule has 4 nitrogen and oxygen atoms in total. The molecule has 0 saturated carbocycles. The van der Waals surface area contributed by atoms with Gasteiger partial charge in [0.1, 0.15) is 0 Å². The van der Waals surface area contributed by atoms with Crippen molar-refractivity contribution in [1.29, 1.82) is 0 Å². The molecule has 2 aliphatic rings. The monoisotopic (exact) mass is 234 g/mol. The number of halogens is 1. The molecule has 0 unspecified atom stereocenters. The maximum Gasteiger partial charge on any atom is 0.227 e. The fourth-order valence-corrected chi connectivity index (χ4v) is 2.10. The third-order valence-corrected chi connectivity index (χ3v) is 2.97. The lowest BCUT2D eigenvalue weighted by Crippen LogP contribution is -2.47. The molecule has 2 heterocycles. The fraction of sp³-hybridized carbons (Fsp3) is 0.900. The first-order chi connectivity index (χ1) is 6.88. The molecule has 0 bridgehead atoms. The number of amides is 1. The molecule has 1 atom stereocenters. The normalized spacial score (nSPS) is 26.9. The molecule has 5 heteroatoms. The van der Waals surface area contributed by atoms with E-state index < -0.39 is 0 Å². The standard InChI is InChI=1S/C10H18N2O2.ClH/c13-10(9-2-1-3-11-8-9)12-4-6-14-7-5-12;/h9,11H,1-8H2;1H/t9-;/m1./s1. The van der Waals surface area contributed by atoms with Crippen molar-refractivity contribution in [3.05, 3.63) is 0 Å². The number of carbonyl (C=O) groups excluding carboxylic acids is 1. The first-order valence-electron chi connectivity index (χ1n) is 5.45. The number of nitrogens with zero attached hydrogens (tertiary/aromatic N) is 1. The van der Waals surface area contributed by atoms with Crippen LogP contribution in [0.3, 0.4) is 0 Å². The predicted octanol–water partition coefficient (Wildman–Crippen LogP) is 0.267. The molecule has 0 aromatic carbocycles. The summed E-state index contributed by atoms with van der Waals surface area (Å²) >= 11 is 0. The van der Waals surface area contributed by atoms with Gasteiger partial charge in [-0.2, -0.15) is 0 Å². The molecule has 1 N–H and O–H groups in total. The van der Waals surface area contributed by atoms with Crippen LogP contribution in [0.25, 0.3) is 0 Å². The number of nitrogens with one attached hydrogen (secondary N) is 1. The van der Waals surface area contributed by atoms with E-state index in [9.17, 15) is 4.79 Å². The molecular formula is C10H19ClN2O2. The summed E-state index contributed by atoms with van der Waals surface area (Å²) in [6.07, 6.45) is 2.17. The van der Waals surface area contributed by atoms with E-state index in [0.29, 0.717) is 19.1 Å². The van der Waals surface area contributed by atoms with Crippen LogP contribution in [0.15, 0.2) is 0 Å². The highest BCUT2D eigenvalue weighted by Gasteiger charge is 2.26. The number of carbonyl (C=O) groups is 1. The average molecular weight is 235 g/mol. The Labute approximate surface area is 96.7 Å². The minimum atomic E-state index is 0. The average Bonchev–Trinajstić information content (AvgIpc) is 2.30. The summed E-state index contributed by atoms with van der Waals surface area (Å²) in [7, 11) is 0. The van der Waals surface area contributed by atoms with Gasteiger partial charge in [-0.05, 0) is 19.4 Å². The Morgan fingerprint density at radius 1 is 1.33 bits per heavy atom. The van der Waals surface area contributed by atoms with Crippen molar-refractivity contribution >= 4 is 18.3 Å². The Morgan fingerprint density at radius 2 is 2.07 bits per heavy atom. The van der Waals surface area contributed by atoms with Crippen LogP contribution < -0.4 is 5.32 Å². The van der Waals surface area contributed by atoms with Crippen molar-refractivity contribution in [1.82, 2.24) is 10.2 Å². The van der Waals surface area contributed by atoms with Crippen molar-refractivity contribution in [3.8, 4) is 0 Å². The second-order valence-electron chi connectivity index (χ2n) is 3.98. The topological polar surface area (TPSA) is 41.6 Å². The fourth-order valence-electron chi connectivity index (χ4n) is 2.10. The van der Waals surface area contributed by atoms with Crippen LogP contribution in [-0.4, -0.2) is 50.2 Å². The summed E-state index contributed by atoms with van der Waals surface area (Å²) in [6.45, 7) is 4.87. The van der Waals surface area contributed by atoms with Gasteiger partial charge in [0.15, 0.2) is 0 Å². The summed E-state index contributed by atoms with van der Waals surface area (Å²) in [4.78, 5) is 13.9. The highest BCUT2D eigenvalue weighted by atomic mass is 35.5. The molecular weight excluding hydrogens is 216 g/mol. The first kappa shape index (κ1) is 12.7.